The van der Waals surface area contributed by atoms with Crippen molar-refractivity contribution < 1.29 is 53.5 Å². The van der Waals surface area contributed by atoms with Gasteiger partial charge in [-0.3, -0.25) is 9.59 Å². The zero-order valence-electron chi connectivity index (χ0n) is 13.3. The molecular formula is C14H10F10N2O2. The minimum atomic E-state index is -6.09. The van der Waals surface area contributed by atoms with Crippen LogP contribution in [0.3, 0.4) is 0 Å². The molecule has 0 aromatic heterocycles. The first-order valence-electron chi connectivity index (χ1n) is 7.03. The van der Waals surface area contributed by atoms with Crippen LogP contribution in [0.4, 0.5) is 43.9 Å². The molecule has 0 bridgehead atoms. The summed E-state index contributed by atoms with van der Waals surface area (Å²) in [5.74, 6) is -16.4. The summed E-state index contributed by atoms with van der Waals surface area (Å²) in [6.07, 6.45) is -12.2. The average molecular weight is 428 g/mol. The van der Waals surface area contributed by atoms with Crippen LogP contribution in [0, 0.1) is 0 Å². The normalized spacial score (nSPS) is 13.2. The van der Waals surface area contributed by atoms with E-state index in [1.54, 1.807) is 0 Å². The minimum absolute atomic E-state index is 0.0158. The molecule has 0 saturated carbocycles. The third-order valence-corrected chi connectivity index (χ3v) is 3.21. The van der Waals surface area contributed by atoms with Crippen molar-refractivity contribution in [3.05, 3.63) is 35.4 Å². The average Bonchev–Trinajstić information content (AvgIpc) is 2.56. The van der Waals surface area contributed by atoms with Crippen LogP contribution in [0.2, 0.25) is 0 Å². The van der Waals surface area contributed by atoms with E-state index in [1.807, 2.05) is 0 Å². The zero-order valence-corrected chi connectivity index (χ0v) is 13.3. The van der Waals surface area contributed by atoms with Crippen LogP contribution in [-0.4, -0.2) is 36.0 Å². The fraction of sp³-hybridized carbons (Fsp3) is 0.429. The van der Waals surface area contributed by atoms with Crippen molar-refractivity contribution in [2.24, 2.45) is 0 Å². The molecule has 0 aliphatic carbocycles. The van der Waals surface area contributed by atoms with E-state index in [9.17, 15) is 53.5 Å². The van der Waals surface area contributed by atoms with Crippen molar-refractivity contribution >= 4 is 11.8 Å². The van der Waals surface area contributed by atoms with Gasteiger partial charge in [-0.15, -0.1) is 0 Å². The number of nitrogens with one attached hydrogen (secondary N) is 2. The van der Waals surface area contributed by atoms with E-state index in [0.29, 0.717) is 0 Å². The minimum Gasteiger partial charge on any atom is -0.346 e. The Balaban J connectivity index is 2.63. The van der Waals surface area contributed by atoms with Crippen molar-refractivity contribution in [1.82, 2.24) is 10.6 Å². The summed E-state index contributed by atoms with van der Waals surface area (Å²) in [6, 6.07) is 4.26. The first kappa shape index (κ1) is 23.5. The van der Waals surface area contributed by atoms with Gasteiger partial charge < -0.3 is 10.6 Å². The van der Waals surface area contributed by atoms with E-state index < -0.39 is 49.1 Å². The van der Waals surface area contributed by atoms with Gasteiger partial charge in [0.1, 0.15) is 0 Å². The lowest BCUT2D eigenvalue weighted by Crippen LogP contribution is -2.50. The van der Waals surface area contributed by atoms with Crippen molar-refractivity contribution in [2.45, 2.75) is 37.3 Å². The SMILES string of the molecule is O=C(NCc1ccc(CNC(=O)C(F)(F)C(F)(F)F)cc1)C(F)(F)C(F)(F)F. The van der Waals surface area contributed by atoms with Crippen molar-refractivity contribution in [2.75, 3.05) is 0 Å². The molecule has 1 aromatic rings. The summed E-state index contributed by atoms with van der Waals surface area (Å²) < 4.78 is 123. The second kappa shape index (κ2) is 7.83. The van der Waals surface area contributed by atoms with Gasteiger partial charge in [-0.2, -0.15) is 43.9 Å². The largest absolute Gasteiger partial charge is 0.463 e. The first-order chi connectivity index (χ1) is 12.5. The molecule has 0 radical (unpaired) electrons. The molecule has 158 valence electrons. The molecule has 0 fully saturated rings. The van der Waals surface area contributed by atoms with Crippen LogP contribution in [0.25, 0.3) is 0 Å². The van der Waals surface area contributed by atoms with Crippen LogP contribution in [0.5, 0.6) is 0 Å². The van der Waals surface area contributed by atoms with E-state index in [-0.39, 0.29) is 11.1 Å². The van der Waals surface area contributed by atoms with Gasteiger partial charge in [-0.05, 0) is 11.1 Å². The number of rotatable bonds is 6. The van der Waals surface area contributed by atoms with Crippen LogP contribution in [-0.2, 0) is 22.7 Å². The molecule has 0 aliphatic heterocycles. The molecule has 1 rings (SSSR count). The molecule has 0 saturated heterocycles. The number of hydrogen-bond donors (Lipinski definition) is 2. The first-order valence-corrected chi connectivity index (χ1v) is 7.03. The number of benzene rings is 1. The quantitative estimate of drug-likeness (QED) is 0.684. The molecule has 0 aliphatic rings. The summed E-state index contributed by atoms with van der Waals surface area (Å²) >= 11 is 0. The molecule has 0 atom stereocenters. The Labute approximate surface area is 149 Å². The van der Waals surface area contributed by atoms with Gasteiger partial charge >= 0.3 is 36.0 Å². The molecule has 4 nitrogen and oxygen atoms in total. The fourth-order valence-corrected chi connectivity index (χ4v) is 1.62. The smallest absolute Gasteiger partial charge is 0.346 e. The van der Waals surface area contributed by atoms with Gasteiger partial charge in [0.25, 0.3) is 0 Å². The lowest BCUT2D eigenvalue weighted by Gasteiger charge is -2.19. The predicted molar refractivity (Wildman–Crippen MR) is 72.1 cm³/mol. The maximum atomic E-state index is 12.7. The topological polar surface area (TPSA) is 58.2 Å². The second-order valence-corrected chi connectivity index (χ2v) is 5.33. The molecule has 0 heterocycles. The Morgan fingerprint density at radius 1 is 0.607 bits per heavy atom. The van der Waals surface area contributed by atoms with Gasteiger partial charge in [0.15, 0.2) is 0 Å². The monoisotopic (exact) mass is 428 g/mol. The lowest BCUT2D eigenvalue weighted by atomic mass is 10.1. The number of carbonyl (C=O) groups is 2. The molecule has 0 spiro atoms. The van der Waals surface area contributed by atoms with Crippen LogP contribution in [0.15, 0.2) is 24.3 Å². The molecule has 28 heavy (non-hydrogen) atoms. The third kappa shape index (κ3) is 5.25. The van der Waals surface area contributed by atoms with Gasteiger partial charge in [0.2, 0.25) is 0 Å². The summed E-state index contributed by atoms with van der Waals surface area (Å²) in [4.78, 5) is 21.8. The third-order valence-electron chi connectivity index (χ3n) is 3.21. The highest BCUT2D eigenvalue weighted by atomic mass is 19.4. The predicted octanol–water partition coefficient (Wildman–Crippen LogP) is 3.31. The van der Waals surface area contributed by atoms with Crippen molar-refractivity contribution in [3.63, 3.8) is 0 Å². The Morgan fingerprint density at radius 3 is 1.07 bits per heavy atom. The van der Waals surface area contributed by atoms with E-state index in [4.69, 9.17) is 0 Å². The van der Waals surface area contributed by atoms with Gasteiger partial charge in [0.05, 0.1) is 0 Å². The second-order valence-electron chi connectivity index (χ2n) is 5.33. The van der Waals surface area contributed by atoms with Crippen molar-refractivity contribution in [3.8, 4) is 0 Å². The van der Waals surface area contributed by atoms with Gasteiger partial charge in [-0.25, -0.2) is 0 Å². The maximum Gasteiger partial charge on any atom is 0.463 e. The highest BCUT2D eigenvalue weighted by Gasteiger charge is 2.64. The Morgan fingerprint density at radius 2 is 0.857 bits per heavy atom. The van der Waals surface area contributed by atoms with Crippen LogP contribution in [0.1, 0.15) is 11.1 Å². The summed E-state index contributed by atoms with van der Waals surface area (Å²) in [7, 11) is 0. The number of alkyl halides is 10. The molecule has 2 N–H and O–H groups in total. The fourth-order valence-electron chi connectivity index (χ4n) is 1.62. The van der Waals surface area contributed by atoms with Gasteiger partial charge in [0, 0.05) is 13.1 Å². The van der Waals surface area contributed by atoms with Crippen LogP contribution >= 0.6 is 0 Å². The molecule has 0 unspecified atom stereocenters. The number of hydrogen-bond acceptors (Lipinski definition) is 2. The molecule has 1 aromatic carbocycles. The van der Waals surface area contributed by atoms with Crippen molar-refractivity contribution in [1.29, 1.82) is 0 Å². The lowest BCUT2D eigenvalue weighted by molar-refractivity contribution is -0.270. The summed E-state index contributed by atoms with van der Waals surface area (Å²) in [5, 5.41) is 2.70. The number of halogens is 10. The molecule has 2 amide bonds. The molecule has 14 heteroatoms. The number of amides is 2. The van der Waals surface area contributed by atoms with E-state index in [2.05, 4.69) is 0 Å². The highest BCUT2D eigenvalue weighted by Crippen LogP contribution is 2.36. The molecular weight excluding hydrogens is 418 g/mol. The van der Waals surface area contributed by atoms with E-state index >= 15 is 0 Å². The maximum absolute atomic E-state index is 12.7. The van der Waals surface area contributed by atoms with Crippen LogP contribution < -0.4 is 10.6 Å². The summed E-state index contributed by atoms with van der Waals surface area (Å²) in [5.41, 5.74) is 0.0315. The Bertz CT molecular complexity index is 649. The number of carbonyl (C=O) groups excluding carboxylic acids is 2. The van der Waals surface area contributed by atoms with E-state index in [0.717, 1.165) is 24.3 Å². The summed E-state index contributed by atoms with van der Waals surface area (Å²) in [6.45, 7) is -1.49. The zero-order chi connectivity index (χ0) is 22.0. The standard InChI is InChI=1S/C14H10F10N2O2/c15-11(16,13(19,20)21)9(27)25-5-7-1-2-8(4-3-7)6-26-10(28)12(17,18)14(22,23)24/h1-4H,5-6H2,(H,25,27)(H,26,28). The van der Waals surface area contributed by atoms with E-state index in [1.165, 1.54) is 10.6 Å². The Kier molecular flexibility index (Phi) is 6.57. The Hall–Kier alpha value is -2.54. The van der Waals surface area contributed by atoms with Gasteiger partial charge in [-0.1, -0.05) is 24.3 Å². The highest BCUT2D eigenvalue weighted by molar-refractivity contribution is 5.84.